The molecule has 0 heterocycles. The quantitative estimate of drug-likeness (QED) is 0.130. The Labute approximate surface area is 259 Å². The lowest BCUT2D eigenvalue weighted by atomic mass is 10.1. The summed E-state index contributed by atoms with van der Waals surface area (Å²) in [6.45, 7) is 3.43. The summed E-state index contributed by atoms with van der Waals surface area (Å²) in [5, 5.41) is 2.24. The molecule has 0 aliphatic carbocycles. The third kappa shape index (κ3) is 8.79. The topological polar surface area (TPSA) is 59.1 Å². The summed E-state index contributed by atoms with van der Waals surface area (Å²) in [6, 6.07) is 42.4. The minimum Gasteiger partial charge on any atom is -0.492 e. The summed E-state index contributed by atoms with van der Waals surface area (Å²) in [5.41, 5.74) is 3.99. The van der Waals surface area contributed by atoms with Crippen molar-refractivity contribution in [2.75, 3.05) is 26.8 Å². The number of methoxy groups -OCH3 is 1. The number of benzene rings is 5. The summed E-state index contributed by atoms with van der Waals surface area (Å²) in [7, 11) is 1.36. The maximum absolute atomic E-state index is 13.8. The number of carbonyl (C=O) groups is 2. The molecule has 0 radical (unpaired) electrons. The number of hydrogen-bond donors (Lipinski definition) is 0. The molecule has 5 aromatic rings. The number of fused-ring (bicyclic) bond motifs is 1. The Morgan fingerprint density at radius 3 is 1.95 bits per heavy atom. The van der Waals surface area contributed by atoms with Gasteiger partial charge in [-0.25, -0.2) is 0 Å². The Bertz CT molecular complexity index is 1610. The van der Waals surface area contributed by atoms with Crippen LogP contribution in [0.2, 0.25) is 0 Å². The molecule has 0 aliphatic heterocycles. The highest BCUT2D eigenvalue weighted by molar-refractivity contribution is 5.95. The Morgan fingerprint density at radius 2 is 1.27 bits per heavy atom. The monoisotopic (exact) mass is 586 g/mol. The van der Waals surface area contributed by atoms with E-state index in [9.17, 15) is 9.59 Å². The van der Waals surface area contributed by atoms with Crippen molar-refractivity contribution in [3.05, 3.63) is 150 Å². The molecule has 1 amide bonds. The lowest BCUT2D eigenvalue weighted by Gasteiger charge is -2.24. The molecule has 5 aromatic carbocycles. The zero-order valence-electron chi connectivity index (χ0n) is 25.1. The molecule has 44 heavy (non-hydrogen) atoms. The molecule has 0 spiro atoms. The lowest BCUT2D eigenvalue weighted by molar-refractivity contribution is -0.140. The summed E-state index contributed by atoms with van der Waals surface area (Å²) >= 11 is 0. The molecular formula is C38H38N2O4. The van der Waals surface area contributed by atoms with E-state index in [1.165, 1.54) is 18.2 Å². The zero-order valence-corrected chi connectivity index (χ0v) is 25.1. The Morgan fingerprint density at radius 1 is 0.614 bits per heavy atom. The van der Waals surface area contributed by atoms with Gasteiger partial charge in [0.2, 0.25) is 0 Å². The standard InChI is InChI=1S/C38H38N2O4/c1-43-37(41)21-22-40(29-32-19-20-33-15-8-9-16-34(33)25-32)38(42)35-17-10-18-36(26-35)44-24-23-39(27-30-11-4-2-5-12-30)28-31-13-6-3-7-14-31/h2-20,25-26H,21-24,27-29H2,1H3. The van der Waals surface area contributed by atoms with Crippen molar-refractivity contribution < 1.29 is 19.1 Å². The van der Waals surface area contributed by atoms with Crippen molar-refractivity contribution in [1.29, 1.82) is 0 Å². The van der Waals surface area contributed by atoms with Gasteiger partial charge in [0.05, 0.1) is 13.5 Å². The molecule has 6 nitrogen and oxygen atoms in total. The second-order valence-electron chi connectivity index (χ2n) is 10.8. The van der Waals surface area contributed by atoms with Crippen LogP contribution in [0.25, 0.3) is 10.8 Å². The van der Waals surface area contributed by atoms with Gasteiger partial charge >= 0.3 is 5.97 Å². The number of ether oxygens (including phenoxy) is 2. The molecule has 0 saturated carbocycles. The van der Waals surface area contributed by atoms with Crippen molar-refractivity contribution in [2.45, 2.75) is 26.1 Å². The SMILES string of the molecule is COC(=O)CCN(Cc1ccc2ccccc2c1)C(=O)c1cccc(OCCN(Cc2ccccc2)Cc2ccccc2)c1. The molecule has 0 aliphatic rings. The molecule has 0 bridgehead atoms. The van der Waals surface area contributed by atoms with Gasteiger partial charge in [-0.1, -0.05) is 103 Å². The molecular weight excluding hydrogens is 548 g/mol. The van der Waals surface area contributed by atoms with Crippen molar-refractivity contribution in [3.63, 3.8) is 0 Å². The summed E-state index contributed by atoms with van der Waals surface area (Å²) < 4.78 is 11.0. The van der Waals surface area contributed by atoms with Gasteiger partial charge in [-0.15, -0.1) is 0 Å². The fourth-order valence-electron chi connectivity index (χ4n) is 5.23. The van der Waals surface area contributed by atoms with Crippen LogP contribution < -0.4 is 4.74 Å². The summed E-state index contributed by atoms with van der Waals surface area (Å²) in [5.74, 6) is 0.116. The van der Waals surface area contributed by atoms with E-state index in [2.05, 4.69) is 77.7 Å². The van der Waals surface area contributed by atoms with E-state index < -0.39 is 0 Å². The van der Waals surface area contributed by atoms with Crippen LogP contribution in [-0.4, -0.2) is 48.5 Å². The average molecular weight is 587 g/mol. The van der Waals surface area contributed by atoms with E-state index in [1.807, 2.05) is 42.5 Å². The summed E-state index contributed by atoms with van der Waals surface area (Å²) in [4.78, 5) is 29.8. The first-order valence-electron chi connectivity index (χ1n) is 14.9. The van der Waals surface area contributed by atoms with Gasteiger partial charge < -0.3 is 14.4 Å². The van der Waals surface area contributed by atoms with Crippen molar-refractivity contribution in [1.82, 2.24) is 9.80 Å². The lowest BCUT2D eigenvalue weighted by Crippen LogP contribution is -2.33. The maximum Gasteiger partial charge on any atom is 0.307 e. The molecule has 6 heteroatoms. The smallest absolute Gasteiger partial charge is 0.307 e. The highest BCUT2D eigenvalue weighted by Crippen LogP contribution is 2.20. The highest BCUT2D eigenvalue weighted by Gasteiger charge is 2.19. The molecule has 0 aromatic heterocycles. The minimum atomic E-state index is -0.353. The van der Waals surface area contributed by atoms with E-state index in [1.54, 1.807) is 17.0 Å². The minimum absolute atomic E-state index is 0.116. The van der Waals surface area contributed by atoms with Gasteiger partial charge in [0.15, 0.2) is 0 Å². The van der Waals surface area contributed by atoms with Crippen molar-refractivity contribution in [2.24, 2.45) is 0 Å². The normalized spacial score (nSPS) is 11.0. The molecule has 5 rings (SSSR count). The van der Waals surface area contributed by atoms with E-state index >= 15 is 0 Å². The average Bonchev–Trinajstić information content (AvgIpc) is 3.07. The fraction of sp³-hybridized carbons (Fsp3) is 0.211. The maximum atomic E-state index is 13.8. The number of nitrogens with zero attached hydrogens (tertiary/aromatic N) is 2. The van der Waals surface area contributed by atoms with E-state index in [-0.39, 0.29) is 24.8 Å². The van der Waals surface area contributed by atoms with Crippen LogP contribution in [0.3, 0.4) is 0 Å². The largest absolute Gasteiger partial charge is 0.492 e. The van der Waals surface area contributed by atoms with Gasteiger partial charge in [0.25, 0.3) is 5.91 Å². The molecule has 224 valence electrons. The number of amides is 1. The highest BCUT2D eigenvalue weighted by atomic mass is 16.5. The Hall–Kier alpha value is -4.94. The number of carbonyl (C=O) groups excluding carboxylic acids is 2. The predicted molar refractivity (Wildman–Crippen MR) is 174 cm³/mol. The van der Waals surface area contributed by atoms with Crippen LogP contribution >= 0.6 is 0 Å². The Balaban J connectivity index is 1.26. The first-order chi connectivity index (χ1) is 21.6. The second kappa shape index (κ2) is 15.5. The van der Waals surface area contributed by atoms with Crippen LogP contribution in [-0.2, 0) is 29.2 Å². The fourth-order valence-corrected chi connectivity index (χ4v) is 5.23. The van der Waals surface area contributed by atoms with Gasteiger partial charge in [-0.2, -0.15) is 0 Å². The van der Waals surface area contributed by atoms with E-state index in [0.29, 0.717) is 24.5 Å². The van der Waals surface area contributed by atoms with Gasteiger partial charge in [-0.3, -0.25) is 14.5 Å². The van der Waals surface area contributed by atoms with E-state index in [4.69, 9.17) is 9.47 Å². The van der Waals surface area contributed by atoms with Crippen molar-refractivity contribution in [3.8, 4) is 5.75 Å². The van der Waals surface area contributed by atoms with Crippen LogP contribution in [0.1, 0.15) is 33.5 Å². The third-order valence-electron chi connectivity index (χ3n) is 7.54. The van der Waals surface area contributed by atoms with Crippen LogP contribution in [0.4, 0.5) is 0 Å². The van der Waals surface area contributed by atoms with Gasteiger partial charge in [0, 0.05) is 38.3 Å². The van der Waals surface area contributed by atoms with Gasteiger partial charge in [0.1, 0.15) is 12.4 Å². The third-order valence-corrected chi connectivity index (χ3v) is 7.54. The number of hydrogen-bond acceptors (Lipinski definition) is 5. The molecule has 0 atom stereocenters. The molecule has 0 unspecified atom stereocenters. The number of rotatable bonds is 14. The Kier molecular flexibility index (Phi) is 10.8. The van der Waals surface area contributed by atoms with Crippen molar-refractivity contribution >= 4 is 22.6 Å². The van der Waals surface area contributed by atoms with Crippen LogP contribution in [0.5, 0.6) is 5.75 Å². The van der Waals surface area contributed by atoms with Crippen LogP contribution in [0.15, 0.2) is 127 Å². The van der Waals surface area contributed by atoms with Gasteiger partial charge in [-0.05, 0) is 51.7 Å². The molecule has 0 N–H and O–H groups in total. The first-order valence-corrected chi connectivity index (χ1v) is 14.9. The molecule has 0 fully saturated rings. The van der Waals surface area contributed by atoms with E-state index in [0.717, 1.165) is 36.0 Å². The molecule has 0 saturated heterocycles. The van der Waals surface area contributed by atoms with Crippen LogP contribution in [0, 0.1) is 0 Å². The summed E-state index contributed by atoms with van der Waals surface area (Å²) in [6.07, 6.45) is 0.116. The second-order valence-corrected chi connectivity index (χ2v) is 10.8. The first kappa shape index (κ1) is 30.5. The zero-order chi connectivity index (χ0) is 30.6. The predicted octanol–water partition coefficient (Wildman–Crippen LogP) is 7.13. The number of esters is 1.